The molecule has 1 radical (unpaired) electrons. The fourth-order valence-electron chi connectivity index (χ4n) is 4.09. The van der Waals surface area contributed by atoms with E-state index in [0.29, 0.717) is 11.5 Å². The van der Waals surface area contributed by atoms with Crippen molar-refractivity contribution in [2.45, 2.75) is 44.4 Å². The van der Waals surface area contributed by atoms with Gasteiger partial charge in [-0.25, -0.2) is 0 Å². The van der Waals surface area contributed by atoms with Crippen LogP contribution in [0.3, 0.4) is 0 Å². The van der Waals surface area contributed by atoms with Crippen molar-refractivity contribution >= 4 is 11.5 Å². The average Bonchev–Trinajstić information content (AvgIpc) is 2.75. The standard InChI is InChI=1S/C23H25N2O/c26-23(22-10-5-13-24-17-22)25-14-11-19(12-15-25)21-9-4-8-20(16-21)18-6-2-1-3-7-18/h4-6,9-10,13,16-17,19H,1-3,7,11-12,14-15H2. The van der Waals surface area contributed by atoms with Gasteiger partial charge in [0.05, 0.1) is 5.56 Å². The highest BCUT2D eigenvalue weighted by Gasteiger charge is 2.25. The Bertz CT molecular complexity index is 789. The van der Waals surface area contributed by atoms with E-state index in [1.54, 1.807) is 12.4 Å². The number of hydrogen-bond donors (Lipinski definition) is 0. The van der Waals surface area contributed by atoms with Crippen LogP contribution in [0.4, 0.5) is 0 Å². The van der Waals surface area contributed by atoms with Crippen LogP contribution >= 0.6 is 0 Å². The summed E-state index contributed by atoms with van der Waals surface area (Å²) >= 11 is 0. The Morgan fingerprint density at radius 1 is 1.19 bits per heavy atom. The Kier molecular flexibility index (Phi) is 5.14. The molecule has 3 heteroatoms. The van der Waals surface area contributed by atoms with Gasteiger partial charge in [-0.3, -0.25) is 9.78 Å². The molecule has 1 aromatic carbocycles. The molecule has 1 amide bonds. The number of nitrogens with zero attached hydrogens (tertiary/aromatic N) is 2. The van der Waals surface area contributed by atoms with Crippen LogP contribution in [-0.4, -0.2) is 28.9 Å². The number of allylic oxidation sites excluding steroid dienone is 2. The Labute approximate surface area is 155 Å². The number of hydrogen-bond acceptors (Lipinski definition) is 2. The van der Waals surface area contributed by atoms with Gasteiger partial charge in [-0.1, -0.05) is 24.3 Å². The maximum atomic E-state index is 12.6. The van der Waals surface area contributed by atoms with Crippen LogP contribution in [-0.2, 0) is 0 Å². The molecule has 0 saturated carbocycles. The van der Waals surface area contributed by atoms with Gasteiger partial charge < -0.3 is 4.90 Å². The van der Waals surface area contributed by atoms with E-state index >= 15 is 0 Å². The third-order valence-corrected chi connectivity index (χ3v) is 5.62. The van der Waals surface area contributed by atoms with E-state index in [1.807, 2.05) is 17.0 Å². The minimum Gasteiger partial charge on any atom is -0.339 e. The maximum Gasteiger partial charge on any atom is 0.255 e. The molecule has 0 spiro atoms. The van der Waals surface area contributed by atoms with Crippen LogP contribution in [0, 0.1) is 6.07 Å². The van der Waals surface area contributed by atoms with Gasteiger partial charge >= 0.3 is 0 Å². The number of likely N-dealkylation sites (tertiary alicyclic amines) is 1. The number of carbonyl (C=O) groups excluding carboxylic acids is 1. The number of carbonyl (C=O) groups is 1. The van der Waals surface area contributed by atoms with E-state index in [9.17, 15) is 4.79 Å². The third-order valence-electron chi connectivity index (χ3n) is 5.62. The van der Waals surface area contributed by atoms with Crippen LogP contribution in [0.5, 0.6) is 0 Å². The molecule has 1 aromatic heterocycles. The predicted octanol–water partition coefficient (Wildman–Crippen LogP) is 4.86. The maximum absolute atomic E-state index is 12.6. The van der Waals surface area contributed by atoms with Crippen molar-refractivity contribution in [2.75, 3.05) is 13.1 Å². The quantitative estimate of drug-likeness (QED) is 0.796. The highest BCUT2D eigenvalue weighted by molar-refractivity contribution is 5.93. The largest absolute Gasteiger partial charge is 0.339 e. The van der Waals surface area contributed by atoms with Gasteiger partial charge in [0.1, 0.15) is 0 Å². The predicted molar refractivity (Wildman–Crippen MR) is 104 cm³/mol. The number of aromatic nitrogens is 1. The first-order valence-corrected chi connectivity index (χ1v) is 9.71. The number of pyridine rings is 1. The first kappa shape index (κ1) is 17.0. The van der Waals surface area contributed by atoms with E-state index in [-0.39, 0.29) is 5.91 Å². The summed E-state index contributed by atoms with van der Waals surface area (Å²) < 4.78 is 0. The summed E-state index contributed by atoms with van der Waals surface area (Å²) in [5.74, 6) is 0.636. The first-order chi connectivity index (χ1) is 12.8. The van der Waals surface area contributed by atoms with Crippen molar-refractivity contribution in [1.29, 1.82) is 0 Å². The molecule has 1 aliphatic heterocycles. The summed E-state index contributed by atoms with van der Waals surface area (Å²) in [4.78, 5) is 18.6. The summed E-state index contributed by atoms with van der Waals surface area (Å²) in [5, 5.41) is 0. The molecule has 4 rings (SSSR count). The Balaban J connectivity index is 1.42. The van der Waals surface area contributed by atoms with Crippen molar-refractivity contribution in [3.05, 3.63) is 71.6 Å². The summed E-state index contributed by atoms with van der Waals surface area (Å²) in [6, 6.07) is 13.7. The zero-order valence-corrected chi connectivity index (χ0v) is 15.2. The van der Waals surface area contributed by atoms with Crippen molar-refractivity contribution in [1.82, 2.24) is 9.88 Å². The van der Waals surface area contributed by atoms with Crippen molar-refractivity contribution < 1.29 is 4.79 Å². The lowest BCUT2D eigenvalue weighted by atomic mass is 9.86. The van der Waals surface area contributed by atoms with Gasteiger partial charge in [-0.2, -0.15) is 0 Å². The molecule has 0 unspecified atom stereocenters. The van der Waals surface area contributed by atoms with E-state index in [2.05, 4.69) is 35.3 Å². The van der Waals surface area contributed by atoms with Crippen molar-refractivity contribution in [3.63, 3.8) is 0 Å². The van der Waals surface area contributed by atoms with E-state index in [1.165, 1.54) is 42.4 Å². The fraction of sp³-hybridized carbons (Fsp3) is 0.391. The van der Waals surface area contributed by atoms with Crippen LogP contribution in [0.2, 0.25) is 0 Å². The first-order valence-electron chi connectivity index (χ1n) is 9.71. The third kappa shape index (κ3) is 3.72. The monoisotopic (exact) mass is 345 g/mol. The molecule has 1 aliphatic carbocycles. The van der Waals surface area contributed by atoms with Gasteiger partial charge in [-0.05, 0) is 79.3 Å². The van der Waals surface area contributed by atoms with E-state index < -0.39 is 0 Å². The van der Waals surface area contributed by atoms with Crippen LogP contribution in [0.25, 0.3) is 5.57 Å². The molecule has 1 fully saturated rings. The van der Waals surface area contributed by atoms with Gasteiger partial charge in [0, 0.05) is 25.5 Å². The summed E-state index contributed by atoms with van der Waals surface area (Å²) in [6.07, 6.45) is 12.8. The molecule has 0 atom stereocenters. The van der Waals surface area contributed by atoms with Crippen molar-refractivity contribution in [2.24, 2.45) is 0 Å². The number of piperidine rings is 1. The van der Waals surface area contributed by atoms with Gasteiger partial charge in [0.15, 0.2) is 0 Å². The van der Waals surface area contributed by atoms with Crippen LogP contribution in [0.1, 0.15) is 65.9 Å². The zero-order chi connectivity index (χ0) is 17.8. The molecule has 2 heterocycles. The highest BCUT2D eigenvalue weighted by atomic mass is 16.2. The zero-order valence-electron chi connectivity index (χ0n) is 15.2. The van der Waals surface area contributed by atoms with Gasteiger partial charge in [0.2, 0.25) is 0 Å². The molecule has 2 aromatic rings. The van der Waals surface area contributed by atoms with Crippen molar-refractivity contribution in [3.8, 4) is 0 Å². The Morgan fingerprint density at radius 3 is 2.81 bits per heavy atom. The molecular weight excluding hydrogens is 320 g/mol. The van der Waals surface area contributed by atoms with Gasteiger partial charge in [0.25, 0.3) is 5.91 Å². The molecule has 3 nitrogen and oxygen atoms in total. The van der Waals surface area contributed by atoms with Gasteiger partial charge in [-0.15, -0.1) is 0 Å². The normalized spacial score (nSPS) is 18.5. The molecule has 2 aliphatic rings. The van der Waals surface area contributed by atoms with Crippen LogP contribution < -0.4 is 0 Å². The van der Waals surface area contributed by atoms with E-state index in [4.69, 9.17) is 0 Å². The SMILES string of the molecule is O=C(c1cccnc1)N1CCC(c2cc[c]c(C3=CCCCC3)c2)CC1. The number of benzene rings is 1. The average molecular weight is 345 g/mol. The summed E-state index contributed by atoms with van der Waals surface area (Å²) in [5.41, 5.74) is 4.82. The lowest BCUT2D eigenvalue weighted by Gasteiger charge is -2.32. The second-order valence-corrected chi connectivity index (χ2v) is 7.32. The molecular formula is C23H25N2O. The smallest absolute Gasteiger partial charge is 0.255 e. The molecule has 133 valence electrons. The summed E-state index contributed by atoms with van der Waals surface area (Å²) in [7, 11) is 0. The Morgan fingerprint density at radius 2 is 2.08 bits per heavy atom. The Hall–Kier alpha value is -2.42. The summed E-state index contributed by atoms with van der Waals surface area (Å²) in [6.45, 7) is 1.63. The minimum absolute atomic E-state index is 0.103. The second-order valence-electron chi connectivity index (χ2n) is 7.32. The van der Waals surface area contributed by atoms with Crippen LogP contribution in [0.15, 0.2) is 48.8 Å². The topological polar surface area (TPSA) is 33.2 Å². The number of rotatable bonds is 3. The molecule has 0 N–H and O–H groups in total. The highest BCUT2D eigenvalue weighted by Crippen LogP contribution is 2.32. The lowest BCUT2D eigenvalue weighted by molar-refractivity contribution is 0.0712. The molecule has 26 heavy (non-hydrogen) atoms. The lowest BCUT2D eigenvalue weighted by Crippen LogP contribution is -2.37. The second kappa shape index (κ2) is 7.86. The fourth-order valence-corrected chi connectivity index (χ4v) is 4.09. The van der Waals surface area contributed by atoms with E-state index in [0.717, 1.165) is 25.9 Å². The number of amides is 1. The molecule has 0 bridgehead atoms. The minimum atomic E-state index is 0.103. The molecule has 1 saturated heterocycles.